The van der Waals surface area contributed by atoms with Crippen molar-refractivity contribution >= 4 is 28.1 Å². The molecular formula is C13H16N4O2S. The smallest absolute Gasteiger partial charge is 0.245 e. The lowest BCUT2D eigenvalue weighted by molar-refractivity contribution is -0.135. The van der Waals surface area contributed by atoms with Crippen molar-refractivity contribution in [3.63, 3.8) is 0 Å². The van der Waals surface area contributed by atoms with E-state index in [-0.39, 0.29) is 17.9 Å². The van der Waals surface area contributed by atoms with Crippen molar-refractivity contribution in [2.24, 2.45) is 0 Å². The van der Waals surface area contributed by atoms with Gasteiger partial charge in [-0.2, -0.15) is 0 Å². The van der Waals surface area contributed by atoms with Crippen LogP contribution in [0.15, 0.2) is 17.8 Å². The number of hydrogen-bond acceptors (Lipinski definition) is 4. The van der Waals surface area contributed by atoms with Gasteiger partial charge >= 0.3 is 0 Å². The van der Waals surface area contributed by atoms with E-state index in [1.54, 1.807) is 23.2 Å². The molecule has 1 aliphatic heterocycles. The second-order valence-corrected chi connectivity index (χ2v) is 6.01. The first-order chi connectivity index (χ1) is 9.54. The molecule has 20 heavy (non-hydrogen) atoms. The minimum absolute atomic E-state index is 0.0558. The van der Waals surface area contributed by atoms with Crippen LogP contribution in [0.1, 0.15) is 26.0 Å². The molecule has 0 spiro atoms. The van der Waals surface area contributed by atoms with Gasteiger partial charge in [0.05, 0.1) is 12.2 Å². The number of hydrogen-bond donors (Lipinski definition) is 1. The van der Waals surface area contributed by atoms with E-state index < -0.39 is 6.04 Å². The van der Waals surface area contributed by atoms with Gasteiger partial charge in [0, 0.05) is 30.2 Å². The molecule has 0 bridgehead atoms. The number of thiazole rings is 1. The molecule has 0 aliphatic carbocycles. The van der Waals surface area contributed by atoms with Gasteiger partial charge in [0.15, 0.2) is 4.96 Å². The Labute approximate surface area is 120 Å². The maximum absolute atomic E-state index is 12.3. The summed E-state index contributed by atoms with van der Waals surface area (Å²) in [4.78, 5) is 31.1. The fraction of sp³-hybridized carbons (Fsp3) is 0.462. The summed E-state index contributed by atoms with van der Waals surface area (Å²) in [7, 11) is 0. The van der Waals surface area contributed by atoms with E-state index in [4.69, 9.17) is 0 Å². The molecule has 1 saturated heterocycles. The molecule has 3 rings (SSSR count). The first kappa shape index (κ1) is 13.1. The summed E-state index contributed by atoms with van der Waals surface area (Å²) in [5.41, 5.74) is 0.846. The maximum Gasteiger partial charge on any atom is 0.245 e. The Morgan fingerprint density at radius 3 is 3.00 bits per heavy atom. The number of aromatic nitrogens is 2. The van der Waals surface area contributed by atoms with Crippen LogP contribution in [0.25, 0.3) is 4.96 Å². The molecule has 0 radical (unpaired) electrons. The van der Waals surface area contributed by atoms with E-state index in [0.717, 1.165) is 10.7 Å². The average Bonchev–Trinajstić information content (AvgIpc) is 2.92. The van der Waals surface area contributed by atoms with Crippen molar-refractivity contribution in [3.05, 3.63) is 23.5 Å². The summed E-state index contributed by atoms with van der Waals surface area (Å²) in [6.07, 6.45) is 4.20. The first-order valence-electron chi connectivity index (χ1n) is 6.55. The second-order valence-electron chi connectivity index (χ2n) is 5.13. The number of carbonyl (C=O) groups excluding carboxylic acids is 2. The van der Waals surface area contributed by atoms with E-state index in [1.807, 2.05) is 29.1 Å². The third kappa shape index (κ3) is 2.29. The molecule has 0 aromatic carbocycles. The molecule has 1 fully saturated rings. The highest BCUT2D eigenvalue weighted by molar-refractivity contribution is 7.15. The van der Waals surface area contributed by atoms with Gasteiger partial charge in [-0.05, 0) is 13.8 Å². The molecule has 2 aromatic heterocycles. The normalized spacial score (nSPS) is 24.0. The highest BCUT2D eigenvalue weighted by Crippen LogP contribution is 2.17. The predicted molar refractivity (Wildman–Crippen MR) is 75.3 cm³/mol. The highest BCUT2D eigenvalue weighted by Gasteiger charge is 2.31. The molecule has 3 heterocycles. The molecule has 2 aromatic rings. The Bertz CT molecular complexity index is 634. The molecule has 2 atom stereocenters. The zero-order valence-electron chi connectivity index (χ0n) is 11.4. The lowest BCUT2D eigenvalue weighted by Gasteiger charge is -2.26. The highest BCUT2D eigenvalue weighted by atomic mass is 32.1. The monoisotopic (exact) mass is 292 g/mol. The van der Waals surface area contributed by atoms with Crippen molar-refractivity contribution in [1.29, 1.82) is 0 Å². The summed E-state index contributed by atoms with van der Waals surface area (Å²) < 4.78 is 1.94. The minimum atomic E-state index is -0.476. The number of carbonyl (C=O) groups is 2. The average molecular weight is 292 g/mol. The summed E-state index contributed by atoms with van der Waals surface area (Å²) >= 11 is 1.56. The molecular weight excluding hydrogens is 276 g/mol. The van der Waals surface area contributed by atoms with Crippen molar-refractivity contribution in [2.45, 2.75) is 38.9 Å². The van der Waals surface area contributed by atoms with E-state index in [9.17, 15) is 9.59 Å². The largest absolute Gasteiger partial charge is 0.345 e. The summed E-state index contributed by atoms with van der Waals surface area (Å²) in [5.74, 6) is -0.133. The SMILES string of the molecule is CC1NC(=O)CC(C)N(Cc2cn3ccsc3n2)C1=O. The molecule has 106 valence electrons. The number of rotatable bonds is 2. The number of imidazole rings is 1. The molecule has 0 saturated carbocycles. The van der Waals surface area contributed by atoms with Crippen LogP contribution >= 0.6 is 11.3 Å². The van der Waals surface area contributed by atoms with Crippen LogP contribution in [0.3, 0.4) is 0 Å². The Morgan fingerprint density at radius 1 is 1.45 bits per heavy atom. The van der Waals surface area contributed by atoms with Crippen molar-refractivity contribution < 1.29 is 9.59 Å². The van der Waals surface area contributed by atoms with Crippen molar-refractivity contribution in [3.8, 4) is 0 Å². The van der Waals surface area contributed by atoms with Gasteiger partial charge in [0.2, 0.25) is 11.8 Å². The van der Waals surface area contributed by atoms with Crippen LogP contribution in [0.4, 0.5) is 0 Å². The molecule has 7 heteroatoms. The van der Waals surface area contributed by atoms with Gasteiger partial charge < -0.3 is 10.2 Å². The van der Waals surface area contributed by atoms with Gasteiger partial charge in [-0.1, -0.05) is 0 Å². The number of nitrogens with zero attached hydrogens (tertiary/aromatic N) is 3. The molecule has 1 aliphatic rings. The predicted octanol–water partition coefficient (Wildman–Crippen LogP) is 1.02. The van der Waals surface area contributed by atoms with Gasteiger partial charge in [-0.25, -0.2) is 4.98 Å². The van der Waals surface area contributed by atoms with Crippen LogP contribution in [0.5, 0.6) is 0 Å². The molecule has 2 amide bonds. The van der Waals surface area contributed by atoms with Crippen molar-refractivity contribution in [1.82, 2.24) is 19.6 Å². The number of fused-ring (bicyclic) bond motifs is 1. The third-order valence-corrected chi connectivity index (χ3v) is 4.29. The zero-order valence-corrected chi connectivity index (χ0v) is 12.2. The standard InChI is InChI=1S/C13H16N4O2S/c1-8-5-11(18)14-9(2)12(19)17(8)7-10-6-16-3-4-20-13(16)15-10/h3-4,6,8-9H,5,7H2,1-2H3,(H,14,18). The van der Waals surface area contributed by atoms with E-state index in [0.29, 0.717) is 13.0 Å². The third-order valence-electron chi connectivity index (χ3n) is 3.52. The van der Waals surface area contributed by atoms with E-state index in [1.165, 1.54) is 0 Å². The Kier molecular flexibility index (Phi) is 3.21. The first-order valence-corrected chi connectivity index (χ1v) is 7.43. The minimum Gasteiger partial charge on any atom is -0.345 e. The second kappa shape index (κ2) is 4.90. The quantitative estimate of drug-likeness (QED) is 0.898. The lowest BCUT2D eigenvalue weighted by atomic mass is 10.2. The number of nitrogens with one attached hydrogen (secondary N) is 1. The molecule has 1 N–H and O–H groups in total. The molecule has 6 nitrogen and oxygen atoms in total. The van der Waals surface area contributed by atoms with Gasteiger partial charge in [-0.15, -0.1) is 11.3 Å². The molecule has 2 unspecified atom stereocenters. The van der Waals surface area contributed by atoms with E-state index >= 15 is 0 Å². The van der Waals surface area contributed by atoms with Crippen LogP contribution in [-0.2, 0) is 16.1 Å². The Morgan fingerprint density at radius 2 is 2.25 bits per heavy atom. The van der Waals surface area contributed by atoms with Gasteiger partial charge in [-0.3, -0.25) is 14.0 Å². The van der Waals surface area contributed by atoms with Crippen LogP contribution in [0, 0.1) is 0 Å². The van der Waals surface area contributed by atoms with Gasteiger partial charge in [0.1, 0.15) is 6.04 Å². The fourth-order valence-electron chi connectivity index (χ4n) is 2.47. The van der Waals surface area contributed by atoms with Crippen LogP contribution in [-0.4, -0.2) is 38.2 Å². The number of amides is 2. The zero-order chi connectivity index (χ0) is 14.3. The Hall–Kier alpha value is -1.89. The van der Waals surface area contributed by atoms with Crippen molar-refractivity contribution in [2.75, 3.05) is 0 Å². The maximum atomic E-state index is 12.3. The van der Waals surface area contributed by atoms with Crippen LogP contribution in [0.2, 0.25) is 0 Å². The van der Waals surface area contributed by atoms with Gasteiger partial charge in [0.25, 0.3) is 0 Å². The topological polar surface area (TPSA) is 66.7 Å². The van der Waals surface area contributed by atoms with E-state index in [2.05, 4.69) is 10.3 Å². The summed E-state index contributed by atoms with van der Waals surface area (Å²) in [5, 5.41) is 4.67. The fourth-order valence-corrected chi connectivity index (χ4v) is 3.19. The summed E-state index contributed by atoms with van der Waals surface area (Å²) in [6, 6.07) is -0.594. The Balaban J connectivity index is 1.85. The summed E-state index contributed by atoms with van der Waals surface area (Å²) in [6.45, 7) is 4.05. The van der Waals surface area contributed by atoms with Crippen LogP contribution < -0.4 is 5.32 Å². The lowest BCUT2D eigenvalue weighted by Crippen LogP contribution is -2.44.